The molecule has 0 radical (unpaired) electrons. The first kappa shape index (κ1) is 9.65. The highest BCUT2D eigenvalue weighted by Gasteiger charge is 2.40. The molecule has 14 heavy (non-hydrogen) atoms. The Kier molecular flexibility index (Phi) is 2.31. The topological polar surface area (TPSA) is 39.9 Å². The lowest BCUT2D eigenvalue weighted by Gasteiger charge is -2.16. The Bertz CT molecular complexity index is 323. The quantitative estimate of drug-likeness (QED) is 0.679. The van der Waals surface area contributed by atoms with E-state index in [0.717, 1.165) is 5.82 Å². The van der Waals surface area contributed by atoms with Gasteiger partial charge in [0, 0.05) is 7.05 Å². The van der Waals surface area contributed by atoms with Crippen molar-refractivity contribution < 1.29 is 4.74 Å². The summed E-state index contributed by atoms with van der Waals surface area (Å²) in [7, 11) is 1.98. The Morgan fingerprint density at radius 1 is 1.29 bits per heavy atom. The molecule has 78 valence electrons. The minimum atomic E-state index is 0.239. The highest BCUT2D eigenvalue weighted by Crippen LogP contribution is 2.38. The lowest BCUT2D eigenvalue weighted by Crippen LogP contribution is -2.18. The molecule has 0 spiro atoms. The Morgan fingerprint density at radius 2 is 2.00 bits per heavy atom. The number of rotatable bonds is 1. The van der Waals surface area contributed by atoms with Gasteiger partial charge in [-0.2, -0.15) is 0 Å². The van der Waals surface area contributed by atoms with Crippen LogP contribution in [-0.2, 0) is 11.8 Å². The molecule has 0 saturated carbocycles. The van der Waals surface area contributed by atoms with Crippen LogP contribution in [0.1, 0.15) is 32.5 Å². The predicted octanol–water partition coefficient (Wildman–Crippen LogP) is 1.34. The maximum Gasteiger partial charge on any atom is 0.138 e. The largest absolute Gasteiger partial charge is 0.374 e. The molecule has 1 aromatic heterocycles. The van der Waals surface area contributed by atoms with Crippen molar-refractivity contribution in [2.75, 3.05) is 0 Å². The maximum absolute atomic E-state index is 5.78. The molecule has 1 aromatic rings. The van der Waals surface area contributed by atoms with Crippen LogP contribution < -0.4 is 0 Å². The molecule has 4 unspecified atom stereocenters. The molecule has 0 aliphatic carbocycles. The van der Waals surface area contributed by atoms with Gasteiger partial charge in [0.15, 0.2) is 0 Å². The van der Waals surface area contributed by atoms with Crippen molar-refractivity contribution in [3.8, 4) is 0 Å². The van der Waals surface area contributed by atoms with Gasteiger partial charge in [-0.05, 0) is 19.8 Å². The number of ether oxygens (including phenoxy) is 1. The third-order valence-electron chi connectivity index (χ3n) is 3.29. The minimum Gasteiger partial charge on any atom is -0.374 e. The summed E-state index contributed by atoms with van der Waals surface area (Å²) in [5.74, 6) is 1.92. The third-order valence-corrected chi connectivity index (χ3v) is 3.29. The molecule has 4 nitrogen and oxygen atoms in total. The smallest absolute Gasteiger partial charge is 0.138 e. The molecule has 1 aliphatic rings. The third kappa shape index (κ3) is 1.34. The van der Waals surface area contributed by atoms with Crippen LogP contribution in [0.2, 0.25) is 0 Å². The van der Waals surface area contributed by atoms with Crippen molar-refractivity contribution in [2.24, 2.45) is 13.0 Å². The second kappa shape index (κ2) is 3.35. The van der Waals surface area contributed by atoms with Crippen LogP contribution >= 0.6 is 0 Å². The summed E-state index contributed by atoms with van der Waals surface area (Å²) < 4.78 is 7.77. The number of aromatic nitrogens is 3. The number of hydrogen-bond donors (Lipinski definition) is 0. The fraction of sp³-hybridized carbons (Fsp3) is 0.800. The molecule has 4 atom stereocenters. The van der Waals surface area contributed by atoms with Crippen molar-refractivity contribution in [1.29, 1.82) is 0 Å². The summed E-state index contributed by atoms with van der Waals surface area (Å²) in [6, 6.07) is 0. The summed E-state index contributed by atoms with van der Waals surface area (Å²) in [4.78, 5) is 0. The second-order valence-corrected chi connectivity index (χ2v) is 4.23. The Labute approximate surface area is 84.3 Å². The normalized spacial score (nSPS) is 37.7. The molecule has 2 heterocycles. The van der Waals surface area contributed by atoms with E-state index in [4.69, 9.17) is 4.74 Å². The Hall–Kier alpha value is -0.900. The van der Waals surface area contributed by atoms with E-state index in [-0.39, 0.29) is 6.10 Å². The van der Waals surface area contributed by atoms with Gasteiger partial charge < -0.3 is 9.30 Å². The van der Waals surface area contributed by atoms with Gasteiger partial charge in [0.05, 0.1) is 18.1 Å². The van der Waals surface area contributed by atoms with Gasteiger partial charge in [-0.1, -0.05) is 6.92 Å². The first-order chi connectivity index (χ1) is 6.61. The molecule has 1 fully saturated rings. The summed E-state index contributed by atoms with van der Waals surface area (Å²) in [5.41, 5.74) is 0. The van der Waals surface area contributed by atoms with Crippen LogP contribution in [0.15, 0.2) is 6.33 Å². The molecule has 4 heteroatoms. The molecular weight excluding hydrogens is 178 g/mol. The SMILES string of the molecule is CC1OC(C)C(c2nncn2C)C1C. The summed E-state index contributed by atoms with van der Waals surface area (Å²) in [5, 5.41) is 8.08. The molecular formula is C10H17N3O. The second-order valence-electron chi connectivity index (χ2n) is 4.23. The minimum absolute atomic E-state index is 0.239. The van der Waals surface area contributed by atoms with E-state index >= 15 is 0 Å². The van der Waals surface area contributed by atoms with Crippen molar-refractivity contribution in [3.63, 3.8) is 0 Å². The summed E-state index contributed by atoms with van der Waals surface area (Å²) >= 11 is 0. The lowest BCUT2D eigenvalue weighted by molar-refractivity contribution is 0.0552. The van der Waals surface area contributed by atoms with E-state index in [0.29, 0.717) is 17.9 Å². The lowest BCUT2D eigenvalue weighted by atomic mass is 9.89. The van der Waals surface area contributed by atoms with Crippen LogP contribution in [0.3, 0.4) is 0 Å². The van der Waals surface area contributed by atoms with Gasteiger partial charge in [-0.3, -0.25) is 0 Å². The number of hydrogen-bond acceptors (Lipinski definition) is 3. The van der Waals surface area contributed by atoms with E-state index in [1.54, 1.807) is 6.33 Å². The zero-order valence-corrected chi connectivity index (χ0v) is 9.14. The molecule has 0 N–H and O–H groups in total. The van der Waals surface area contributed by atoms with Crippen LogP contribution in [0.5, 0.6) is 0 Å². The van der Waals surface area contributed by atoms with Crippen molar-refractivity contribution in [1.82, 2.24) is 14.8 Å². The van der Waals surface area contributed by atoms with Crippen LogP contribution in [0.4, 0.5) is 0 Å². The van der Waals surface area contributed by atoms with Crippen LogP contribution in [0.25, 0.3) is 0 Å². The predicted molar refractivity (Wildman–Crippen MR) is 52.9 cm³/mol. The number of aryl methyl sites for hydroxylation is 1. The highest BCUT2D eigenvalue weighted by molar-refractivity contribution is 5.05. The molecule has 0 aromatic carbocycles. The average molecular weight is 195 g/mol. The van der Waals surface area contributed by atoms with E-state index in [9.17, 15) is 0 Å². The van der Waals surface area contributed by atoms with Crippen LogP contribution in [-0.4, -0.2) is 27.0 Å². The monoisotopic (exact) mass is 195 g/mol. The van der Waals surface area contributed by atoms with Crippen molar-refractivity contribution in [2.45, 2.75) is 38.9 Å². The zero-order chi connectivity index (χ0) is 10.3. The van der Waals surface area contributed by atoms with Gasteiger partial charge in [-0.15, -0.1) is 10.2 Å². The van der Waals surface area contributed by atoms with Gasteiger partial charge >= 0.3 is 0 Å². The number of nitrogens with zero attached hydrogens (tertiary/aromatic N) is 3. The molecule has 0 amide bonds. The Morgan fingerprint density at radius 3 is 2.43 bits per heavy atom. The average Bonchev–Trinajstić information content (AvgIpc) is 2.60. The first-order valence-corrected chi connectivity index (χ1v) is 5.10. The zero-order valence-electron chi connectivity index (χ0n) is 9.14. The van der Waals surface area contributed by atoms with Crippen LogP contribution in [0, 0.1) is 5.92 Å². The molecule has 0 bridgehead atoms. The highest BCUT2D eigenvalue weighted by atomic mass is 16.5. The van der Waals surface area contributed by atoms with E-state index in [1.165, 1.54) is 0 Å². The first-order valence-electron chi connectivity index (χ1n) is 5.10. The van der Waals surface area contributed by atoms with E-state index < -0.39 is 0 Å². The van der Waals surface area contributed by atoms with Gasteiger partial charge in [0.2, 0.25) is 0 Å². The standard InChI is InChI=1S/C10H17N3O/c1-6-7(2)14-8(3)9(6)10-12-11-5-13(10)4/h5-9H,1-4H3. The van der Waals surface area contributed by atoms with Gasteiger partial charge in [0.25, 0.3) is 0 Å². The Balaban J connectivity index is 2.30. The maximum atomic E-state index is 5.78. The van der Waals surface area contributed by atoms with Gasteiger partial charge in [0.1, 0.15) is 12.2 Å². The van der Waals surface area contributed by atoms with Gasteiger partial charge in [-0.25, -0.2) is 0 Å². The van der Waals surface area contributed by atoms with E-state index in [2.05, 4.69) is 31.0 Å². The van der Waals surface area contributed by atoms with Crippen molar-refractivity contribution in [3.05, 3.63) is 12.2 Å². The molecule has 1 saturated heterocycles. The van der Waals surface area contributed by atoms with E-state index in [1.807, 2.05) is 11.6 Å². The summed E-state index contributed by atoms with van der Waals surface area (Å²) in [6.45, 7) is 6.45. The fourth-order valence-corrected chi connectivity index (χ4v) is 2.31. The molecule has 1 aliphatic heterocycles. The summed E-state index contributed by atoms with van der Waals surface area (Å²) in [6.07, 6.45) is 2.30. The molecule has 2 rings (SSSR count). The fourth-order valence-electron chi connectivity index (χ4n) is 2.31. The van der Waals surface area contributed by atoms with Crippen molar-refractivity contribution >= 4 is 0 Å².